The molecular formula is C16H20N2O4. The highest BCUT2D eigenvalue weighted by molar-refractivity contribution is 6.07. The SMILES string of the molecule is O=C(c1ccccc1C(=O)N1CCOCC1)N1CCOCC1. The molecular weight excluding hydrogens is 284 g/mol. The number of carbonyl (C=O) groups excluding carboxylic acids is 2. The summed E-state index contributed by atoms with van der Waals surface area (Å²) in [5, 5.41) is 0. The van der Waals surface area contributed by atoms with Crippen molar-refractivity contribution in [1.29, 1.82) is 0 Å². The number of hydrogen-bond donors (Lipinski definition) is 0. The molecule has 0 radical (unpaired) electrons. The average molecular weight is 304 g/mol. The van der Waals surface area contributed by atoms with Gasteiger partial charge in [0.15, 0.2) is 0 Å². The molecule has 0 atom stereocenters. The zero-order valence-electron chi connectivity index (χ0n) is 12.5. The van der Waals surface area contributed by atoms with E-state index >= 15 is 0 Å². The first-order valence-electron chi connectivity index (χ1n) is 7.60. The lowest BCUT2D eigenvalue weighted by molar-refractivity contribution is 0.0279. The number of benzene rings is 1. The van der Waals surface area contributed by atoms with Crippen molar-refractivity contribution in [3.8, 4) is 0 Å². The van der Waals surface area contributed by atoms with Crippen LogP contribution in [0.15, 0.2) is 24.3 Å². The molecule has 2 heterocycles. The van der Waals surface area contributed by atoms with Gasteiger partial charge in [-0.05, 0) is 12.1 Å². The molecule has 3 rings (SSSR count). The minimum absolute atomic E-state index is 0.0968. The summed E-state index contributed by atoms with van der Waals surface area (Å²) in [5.41, 5.74) is 0.946. The molecule has 1 aromatic carbocycles. The number of morpholine rings is 2. The molecule has 22 heavy (non-hydrogen) atoms. The minimum Gasteiger partial charge on any atom is -0.378 e. The third-order valence-electron chi connectivity index (χ3n) is 3.98. The summed E-state index contributed by atoms with van der Waals surface area (Å²) in [6.07, 6.45) is 0. The number of ether oxygens (including phenoxy) is 2. The fourth-order valence-electron chi connectivity index (χ4n) is 2.73. The van der Waals surface area contributed by atoms with Crippen LogP contribution in [0.25, 0.3) is 0 Å². The lowest BCUT2D eigenvalue weighted by Crippen LogP contribution is -2.43. The Hall–Kier alpha value is -1.92. The Morgan fingerprint density at radius 1 is 0.727 bits per heavy atom. The quantitative estimate of drug-likeness (QED) is 0.804. The Bertz CT molecular complexity index is 500. The van der Waals surface area contributed by atoms with Gasteiger partial charge < -0.3 is 19.3 Å². The number of rotatable bonds is 2. The van der Waals surface area contributed by atoms with Gasteiger partial charge >= 0.3 is 0 Å². The van der Waals surface area contributed by atoms with E-state index in [1.807, 2.05) is 0 Å². The average Bonchev–Trinajstić information content (AvgIpc) is 2.62. The molecule has 2 saturated heterocycles. The molecule has 0 aliphatic carbocycles. The van der Waals surface area contributed by atoms with Gasteiger partial charge in [-0.15, -0.1) is 0 Å². The zero-order valence-corrected chi connectivity index (χ0v) is 12.5. The highest BCUT2D eigenvalue weighted by Crippen LogP contribution is 2.16. The smallest absolute Gasteiger partial charge is 0.254 e. The summed E-state index contributed by atoms with van der Waals surface area (Å²) >= 11 is 0. The molecule has 2 fully saturated rings. The summed E-state index contributed by atoms with van der Waals surface area (Å²) < 4.78 is 10.6. The predicted octanol–water partition coefficient (Wildman–Crippen LogP) is 0.631. The third kappa shape index (κ3) is 3.13. The summed E-state index contributed by atoms with van der Waals surface area (Å²) in [5.74, 6) is -0.194. The second kappa shape index (κ2) is 6.89. The van der Waals surface area contributed by atoms with Gasteiger partial charge in [-0.1, -0.05) is 12.1 Å². The Balaban J connectivity index is 1.82. The van der Waals surface area contributed by atoms with Crippen molar-refractivity contribution in [3.05, 3.63) is 35.4 Å². The molecule has 0 unspecified atom stereocenters. The molecule has 118 valence electrons. The fourth-order valence-corrected chi connectivity index (χ4v) is 2.73. The zero-order chi connectivity index (χ0) is 15.4. The highest BCUT2D eigenvalue weighted by atomic mass is 16.5. The molecule has 1 aromatic rings. The molecule has 2 aliphatic rings. The molecule has 6 heteroatoms. The van der Waals surface area contributed by atoms with Crippen molar-refractivity contribution in [2.45, 2.75) is 0 Å². The van der Waals surface area contributed by atoms with Gasteiger partial charge in [0.25, 0.3) is 11.8 Å². The standard InChI is InChI=1S/C16H20N2O4/c19-15(17-5-9-21-10-6-17)13-3-1-2-4-14(13)16(20)18-7-11-22-12-8-18/h1-4H,5-12H2. The van der Waals surface area contributed by atoms with Gasteiger partial charge in [0.1, 0.15) is 0 Å². The Kier molecular flexibility index (Phi) is 4.70. The number of nitrogens with zero attached hydrogens (tertiary/aromatic N) is 2. The summed E-state index contributed by atoms with van der Waals surface area (Å²) in [7, 11) is 0. The van der Waals surface area contributed by atoms with Crippen molar-refractivity contribution in [2.24, 2.45) is 0 Å². The van der Waals surface area contributed by atoms with E-state index in [4.69, 9.17) is 9.47 Å². The monoisotopic (exact) mass is 304 g/mol. The maximum Gasteiger partial charge on any atom is 0.254 e. The van der Waals surface area contributed by atoms with E-state index < -0.39 is 0 Å². The molecule has 0 saturated carbocycles. The topological polar surface area (TPSA) is 59.1 Å². The van der Waals surface area contributed by atoms with Crippen LogP contribution >= 0.6 is 0 Å². The first-order valence-corrected chi connectivity index (χ1v) is 7.60. The number of amides is 2. The largest absolute Gasteiger partial charge is 0.378 e. The van der Waals surface area contributed by atoms with Crippen LogP contribution in [-0.2, 0) is 9.47 Å². The van der Waals surface area contributed by atoms with Gasteiger partial charge in [-0.2, -0.15) is 0 Å². The molecule has 2 amide bonds. The van der Waals surface area contributed by atoms with Crippen molar-refractivity contribution in [2.75, 3.05) is 52.6 Å². The molecule has 0 spiro atoms. The summed E-state index contributed by atoms with van der Waals surface area (Å²) in [6, 6.07) is 7.05. The summed E-state index contributed by atoms with van der Waals surface area (Å²) in [4.78, 5) is 28.9. The Morgan fingerprint density at radius 2 is 1.09 bits per heavy atom. The molecule has 0 aromatic heterocycles. The van der Waals surface area contributed by atoms with Crippen LogP contribution in [0.3, 0.4) is 0 Å². The molecule has 0 bridgehead atoms. The van der Waals surface area contributed by atoms with Crippen LogP contribution in [0, 0.1) is 0 Å². The van der Waals surface area contributed by atoms with E-state index in [2.05, 4.69) is 0 Å². The Labute approximate surface area is 129 Å². The van der Waals surface area contributed by atoms with Crippen LogP contribution in [0.5, 0.6) is 0 Å². The third-order valence-corrected chi connectivity index (χ3v) is 3.98. The maximum atomic E-state index is 12.7. The molecule has 6 nitrogen and oxygen atoms in total. The lowest BCUT2D eigenvalue weighted by atomic mass is 10.0. The van der Waals surface area contributed by atoms with Crippen LogP contribution < -0.4 is 0 Å². The van der Waals surface area contributed by atoms with E-state index in [9.17, 15) is 9.59 Å². The van der Waals surface area contributed by atoms with E-state index in [1.165, 1.54) is 0 Å². The maximum absolute atomic E-state index is 12.7. The van der Waals surface area contributed by atoms with Crippen molar-refractivity contribution < 1.29 is 19.1 Å². The van der Waals surface area contributed by atoms with Crippen LogP contribution in [0.2, 0.25) is 0 Å². The molecule has 0 N–H and O–H groups in total. The second-order valence-electron chi connectivity index (χ2n) is 5.35. The van der Waals surface area contributed by atoms with Gasteiger partial charge in [0.05, 0.1) is 37.6 Å². The van der Waals surface area contributed by atoms with E-state index in [1.54, 1.807) is 34.1 Å². The van der Waals surface area contributed by atoms with Crippen molar-refractivity contribution >= 4 is 11.8 Å². The Morgan fingerprint density at radius 3 is 1.45 bits per heavy atom. The van der Waals surface area contributed by atoms with Crippen molar-refractivity contribution in [1.82, 2.24) is 9.80 Å². The number of hydrogen-bond acceptors (Lipinski definition) is 4. The van der Waals surface area contributed by atoms with E-state index in [0.29, 0.717) is 63.7 Å². The minimum atomic E-state index is -0.0968. The second-order valence-corrected chi connectivity index (χ2v) is 5.35. The van der Waals surface area contributed by atoms with E-state index in [-0.39, 0.29) is 11.8 Å². The first-order chi connectivity index (χ1) is 10.8. The number of carbonyl (C=O) groups is 2. The predicted molar refractivity (Wildman–Crippen MR) is 79.9 cm³/mol. The van der Waals surface area contributed by atoms with E-state index in [0.717, 1.165) is 0 Å². The van der Waals surface area contributed by atoms with Crippen LogP contribution in [-0.4, -0.2) is 74.2 Å². The first kappa shape index (κ1) is 15.0. The lowest BCUT2D eigenvalue weighted by Gasteiger charge is -2.29. The van der Waals surface area contributed by atoms with Gasteiger partial charge in [0.2, 0.25) is 0 Å². The van der Waals surface area contributed by atoms with Crippen LogP contribution in [0.1, 0.15) is 20.7 Å². The van der Waals surface area contributed by atoms with Crippen molar-refractivity contribution in [3.63, 3.8) is 0 Å². The molecule has 2 aliphatic heterocycles. The highest BCUT2D eigenvalue weighted by Gasteiger charge is 2.26. The van der Waals surface area contributed by atoms with Gasteiger partial charge in [-0.25, -0.2) is 0 Å². The summed E-state index contributed by atoms with van der Waals surface area (Å²) in [6.45, 7) is 4.46. The van der Waals surface area contributed by atoms with Gasteiger partial charge in [0, 0.05) is 26.2 Å². The van der Waals surface area contributed by atoms with Gasteiger partial charge in [-0.3, -0.25) is 9.59 Å². The fraction of sp³-hybridized carbons (Fsp3) is 0.500. The normalized spacial score (nSPS) is 19.1. The van der Waals surface area contributed by atoms with Crippen LogP contribution in [0.4, 0.5) is 0 Å².